The predicted octanol–water partition coefficient (Wildman–Crippen LogP) is 4.84. The molecule has 1 aromatic heterocycles. The van der Waals surface area contributed by atoms with Crippen LogP contribution in [0.25, 0.3) is 0 Å². The maximum Gasteiger partial charge on any atom is 0.257 e. The third kappa shape index (κ3) is 3.96. The summed E-state index contributed by atoms with van der Waals surface area (Å²) in [6.07, 6.45) is 3.18. The first kappa shape index (κ1) is 15.2. The van der Waals surface area contributed by atoms with E-state index in [0.717, 1.165) is 21.5 Å². The molecule has 0 bridgehead atoms. The SMILES string of the molecule is O=C(Nc1ccc(Nc2ccccc2Br)cc1)c1cccnc1. The fraction of sp³-hybridized carbons (Fsp3) is 0. The third-order valence-corrected chi connectivity index (χ3v) is 3.91. The molecule has 0 fully saturated rings. The molecule has 3 rings (SSSR count). The normalized spacial score (nSPS) is 10.1. The fourth-order valence-electron chi connectivity index (χ4n) is 2.06. The molecule has 0 spiro atoms. The Labute approximate surface area is 142 Å². The molecule has 4 nitrogen and oxygen atoms in total. The molecule has 114 valence electrons. The molecular weight excluding hydrogens is 354 g/mol. The van der Waals surface area contributed by atoms with E-state index >= 15 is 0 Å². The number of amides is 1. The van der Waals surface area contributed by atoms with Gasteiger partial charge in [0.05, 0.1) is 11.3 Å². The van der Waals surface area contributed by atoms with Crippen LogP contribution in [0.5, 0.6) is 0 Å². The highest BCUT2D eigenvalue weighted by Crippen LogP contribution is 2.26. The van der Waals surface area contributed by atoms with Crippen molar-refractivity contribution >= 4 is 38.9 Å². The van der Waals surface area contributed by atoms with E-state index in [1.165, 1.54) is 6.20 Å². The van der Waals surface area contributed by atoms with Crippen LogP contribution in [0.2, 0.25) is 0 Å². The van der Waals surface area contributed by atoms with Gasteiger partial charge in [-0.15, -0.1) is 0 Å². The Balaban J connectivity index is 1.68. The van der Waals surface area contributed by atoms with Crippen LogP contribution in [-0.4, -0.2) is 10.9 Å². The van der Waals surface area contributed by atoms with E-state index in [2.05, 4.69) is 31.5 Å². The highest BCUT2D eigenvalue weighted by atomic mass is 79.9. The standard InChI is InChI=1S/C18H14BrN3O/c19-16-5-1-2-6-17(16)21-14-7-9-15(10-8-14)22-18(23)13-4-3-11-20-12-13/h1-12,21H,(H,22,23). The summed E-state index contributed by atoms with van der Waals surface area (Å²) in [5.74, 6) is -0.176. The summed E-state index contributed by atoms with van der Waals surface area (Å²) in [6, 6.07) is 18.9. The van der Waals surface area contributed by atoms with Gasteiger partial charge < -0.3 is 10.6 Å². The molecule has 0 radical (unpaired) electrons. The van der Waals surface area contributed by atoms with Crippen molar-refractivity contribution < 1.29 is 4.79 Å². The number of hydrogen-bond donors (Lipinski definition) is 2. The number of anilines is 3. The van der Waals surface area contributed by atoms with Gasteiger partial charge in [-0.2, -0.15) is 0 Å². The molecular formula is C18H14BrN3O. The topological polar surface area (TPSA) is 54.0 Å². The average molecular weight is 368 g/mol. The lowest BCUT2D eigenvalue weighted by Crippen LogP contribution is -2.11. The average Bonchev–Trinajstić information content (AvgIpc) is 2.59. The summed E-state index contributed by atoms with van der Waals surface area (Å²) in [5, 5.41) is 6.16. The van der Waals surface area contributed by atoms with Crippen molar-refractivity contribution in [2.24, 2.45) is 0 Å². The molecule has 0 atom stereocenters. The van der Waals surface area contributed by atoms with Gasteiger partial charge >= 0.3 is 0 Å². The summed E-state index contributed by atoms with van der Waals surface area (Å²) in [7, 11) is 0. The fourth-order valence-corrected chi connectivity index (χ4v) is 2.44. The molecule has 2 N–H and O–H groups in total. The number of carbonyl (C=O) groups excluding carboxylic acids is 1. The van der Waals surface area contributed by atoms with Crippen molar-refractivity contribution in [2.45, 2.75) is 0 Å². The van der Waals surface area contributed by atoms with E-state index in [9.17, 15) is 4.79 Å². The van der Waals surface area contributed by atoms with Gasteiger partial charge in [0, 0.05) is 28.2 Å². The highest BCUT2D eigenvalue weighted by molar-refractivity contribution is 9.10. The highest BCUT2D eigenvalue weighted by Gasteiger charge is 2.05. The summed E-state index contributed by atoms with van der Waals surface area (Å²) in [6.45, 7) is 0. The molecule has 2 aromatic carbocycles. The second-order valence-corrected chi connectivity index (χ2v) is 5.73. The summed E-state index contributed by atoms with van der Waals surface area (Å²) in [4.78, 5) is 16.0. The minimum atomic E-state index is -0.176. The van der Waals surface area contributed by atoms with Gasteiger partial charge in [-0.1, -0.05) is 12.1 Å². The summed E-state index contributed by atoms with van der Waals surface area (Å²) in [5.41, 5.74) is 3.19. The number of para-hydroxylation sites is 1. The van der Waals surface area contributed by atoms with Crippen molar-refractivity contribution in [2.75, 3.05) is 10.6 Å². The van der Waals surface area contributed by atoms with E-state index in [0.29, 0.717) is 5.56 Å². The Morgan fingerprint density at radius 3 is 2.35 bits per heavy atom. The molecule has 0 saturated carbocycles. The molecule has 3 aromatic rings. The van der Waals surface area contributed by atoms with E-state index in [1.54, 1.807) is 18.3 Å². The lowest BCUT2D eigenvalue weighted by Gasteiger charge is -2.10. The maximum atomic E-state index is 12.1. The van der Waals surface area contributed by atoms with E-state index in [1.807, 2.05) is 48.5 Å². The van der Waals surface area contributed by atoms with E-state index in [-0.39, 0.29) is 5.91 Å². The lowest BCUT2D eigenvalue weighted by atomic mass is 10.2. The number of rotatable bonds is 4. The van der Waals surface area contributed by atoms with Crippen LogP contribution >= 0.6 is 15.9 Å². The number of halogens is 1. The van der Waals surface area contributed by atoms with Crippen LogP contribution in [0.1, 0.15) is 10.4 Å². The Hall–Kier alpha value is -2.66. The summed E-state index contributed by atoms with van der Waals surface area (Å²) >= 11 is 3.50. The van der Waals surface area contributed by atoms with Crippen LogP contribution in [-0.2, 0) is 0 Å². The zero-order valence-corrected chi connectivity index (χ0v) is 13.7. The zero-order valence-electron chi connectivity index (χ0n) is 12.2. The molecule has 0 aliphatic rings. The molecule has 0 aliphatic carbocycles. The largest absolute Gasteiger partial charge is 0.355 e. The Morgan fingerprint density at radius 1 is 0.913 bits per heavy atom. The second kappa shape index (κ2) is 7.07. The maximum absolute atomic E-state index is 12.1. The molecule has 1 amide bonds. The Morgan fingerprint density at radius 2 is 1.65 bits per heavy atom. The predicted molar refractivity (Wildman–Crippen MR) is 96.1 cm³/mol. The first-order valence-electron chi connectivity index (χ1n) is 7.05. The Bertz CT molecular complexity index is 804. The smallest absolute Gasteiger partial charge is 0.257 e. The second-order valence-electron chi connectivity index (χ2n) is 4.88. The minimum Gasteiger partial charge on any atom is -0.355 e. The van der Waals surface area contributed by atoms with Gasteiger partial charge in [-0.3, -0.25) is 9.78 Å². The number of nitrogens with one attached hydrogen (secondary N) is 2. The molecule has 0 unspecified atom stereocenters. The van der Waals surface area contributed by atoms with Crippen LogP contribution in [0.4, 0.5) is 17.1 Å². The minimum absolute atomic E-state index is 0.176. The Kier molecular flexibility index (Phi) is 4.68. The summed E-state index contributed by atoms with van der Waals surface area (Å²) < 4.78 is 0.994. The zero-order chi connectivity index (χ0) is 16.1. The van der Waals surface area contributed by atoms with Crippen LogP contribution < -0.4 is 10.6 Å². The molecule has 0 saturated heterocycles. The first-order chi connectivity index (χ1) is 11.2. The van der Waals surface area contributed by atoms with Crippen molar-refractivity contribution in [1.82, 2.24) is 4.98 Å². The van der Waals surface area contributed by atoms with Gasteiger partial charge in [0.25, 0.3) is 5.91 Å². The van der Waals surface area contributed by atoms with Crippen molar-refractivity contribution in [3.8, 4) is 0 Å². The van der Waals surface area contributed by atoms with Crippen molar-refractivity contribution in [3.63, 3.8) is 0 Å². The molecule has 0 aliphatic heterocycles. The molecule has 23 heavy (non-hydrogen) atoms. The number of carbonyl (C=O) groups is 1. The van der Waals surface area contributed by atoms with Gasteiger partial charge in [0.15, 0.2) is 0 Å². The lowest BCUT2D eigenvalue weighted by molar-refractivity contribution is 0.102. The molecule has 1 heterocycles. The molecule has 5 heteroatoms. The van der Waals surface area contributed by atoms with E-state index in [4.69, 9.17) is 0 Å². The van der Waals surface area contributed by atoms with Gasteiger partial charge in [-0.25, -0.2) is 0 Å². The van der Waals surface area contributed by atoms with Gasteiger partial charge in [-0.05, 0) is 64.5 Å². The van der Waals surface area contributed by atoms with Crippen LogP contribution in [0.3, 0.4) is 0 Å². The van der Waals surface area contributed by atoms with Crippen LogP contribution in [0, 0.1) is 0 Å². The monoisotopic (exact) mass is 367 g/mol. The number of nitrogens with zero attached hydrogens (tertiary/aromatic N) is 1. The number of hydrogen-bond acceptors (Lipinski definition) is 3. The van der Waals surface area contributed by atoms with Gasteiger partial charge in [0.2, 0.25) is 0 Å². The van der Waals surface area contributed by atoms with E-state index < -0.39 is 0 Å². The number of aromatic nitrogens is 1. The van der Waals surface area contributed by atoms with Gasteiger partial charge in [0.1, 0.15) is 0 Å². The third-order valence-electron chi connectivity index (χ3n) is 3.22. The quantitative estimate of drug-likeness (QED) is 0.693. The van der Waals surface area contributed by atoms with Crippen LogP contribution in [0.15, 0.2) is 77.5 Å². The number of benzene rings is 2. The van der Waals surface area contributed by atoms with Crippen molar-refractivity contribution in [1.29, 1.82) is 0 Å². The van der Waals surface area contributed by atoms with Crippen molar-refractivity contribution in [3.05, 3.63) is 83.1 Å². The number of pyridine rings is 1. The first-order valence-corrected chi connectivity index (χ1v) is 7.85.